The smallest absolute Gasteiger partial charge is 0.340 e. The number of rotatable bonds is 7. The van der Waals surface area contributed by atoms with E-state index in [1.54, 1.807) is 24.3 Å². The number of aromatic nitrogens is 1. The van der Waals surface area contributed by atoms with Gasteiger partial charge in [0, 0.05) is 6.20 Å². The molecule has 0 saturated carbocycles. The number of esters is 1. The van der Waals surface area contributed by atoms with Crippen LogP contribution in [0.4, 0.5) is 5.69 Å². The van der Waals surface area contributed by atoms with Crippen molar-refractivity contribution in [2.45, 2.75) is 13.0 Å². The quantitative estimate of drug-likeness (QED) is 0.429. The van der Waals surface area contributed by atoms with Gasteiger partial charge >= 0.3 is 5.97 Å². The molecule has 1 atom stereocenters. The Bertz CT molecular complexity index is 1070. The third-order valence-electron chi connectivity index (χ3n) is 4.39. The van der Waals surface area contributed by atoms with Crippen molar-refractivity contribution >= 4 is 35.1 Å². The number of anilines is 1. The summed E-state index contributed by atoms with van der Waals surface area (Å²) in [6.45, 7) is 1.36. The van der Waals surface area contributed by atoms with Gasteiger partial charge in [0.25, 0.3) is 11.8 Å². The molecule has 0 aliphatic heterocycles. The lowest BCUT2D eigenvalue weighted by Crippen LogP contribution is -2.28. The first-order chi connectivity index (χ1) is 14.9. The molecule has 8 heteroatoms. The highest BCUT2D eigenvalue weighted by Crippen LogP contribution is 2.18. The number of benzene rings is 2. The van der Waals surface area contributed by atoms with Crippen LogP contribution in [0.1, 0.15) is 39.2 Å². The van der Waals surface area contributed by atoms with Gasteiger partial charge in [0.1, 0.15) is 5.15 Å². The standard InChI is InChI=1S/C23H20ClN3O4/c1-15(16-7-3-2-4-8-16)26-22(29)18-9-5-6-10-19(18)27-21(28)14-31-23(30)17-11-12-20(24)25-13-17/h2-13,15H,14H2,1H3,(H,26,29)(H,27,28). The van der Waals surface area contributed by atoms with Gasteiger partial charge in [0.05, 0.1) is 22.9 Å². The van der Waals surface area contributed by atoms with Gasteiger partial charge in [-0.15, -0.1) is 0 Å². The molecule has 3 rings (SSSR count). The van der Waals surface area contributed by atoms with Crippen LogP contribution in [0.15, 0.2) is 72.9 Å². The van der Waals surface area contributed by atoms with Crippen molar-refractivity contribution in [1.82, 2.24) is 10.3 Å². The minimum absolute atomic E-state index is 0.173. The molecule has 7 nitrogen and oxygen atoms in total. The number of nitrogens with one attached hydrogen (secondary N) is 2. The lowest BCUT2D eigenvalue weighted by atomic mass is 10.1. The Kier molecular flexibility index (Phi) is 7.35. The van der Waals surface area contributed by atoms with Crippen LogP contribution in [0, 0.1) is 0 Å². The summed E-state index contributed by atoms with van der Waals surface area (Å²) in [4.78, 5) is 40.8. The summed E-state index contributed by atoms with van der Waals surface area (Å²) in [5.41, 5.74) is 1.74. The van der Waals surface area contributed by atoms with Gasteiger partial charge in [-0.3, -0.25) is 9.59 Å². The Labute approximate surface area is 184 Å². The van der Waals surface area contributed by atoms with Crippen molar-refractivity contribution in [2.24, 2.45) is 0 Å². The molecule has 1 heterocycles. The molecule has 1 aromatic heterocycles. The maximum atomic E-state index is 12.7. The molecule has 31 heavy (non-hydrogen) atoms. The van der Waals surface area contributed by atoms with Gasteiger partial charge in [-0.05, 0) is 36.8 Å². The molecule has 0 spiro atoms. The molecule has 3 aromatic rings. The summed E-state index contributed by atoms with van der Waals surface area (Å²) in [7, 11) is 0. The van der Waals surface area contributed by atoms with E-state index >= 15 is 0 Å². The Morgan fingerprint density at radius 2 is 1.71 bits per heavy atom. The number of carbonyl (C=O) groups is 3. The summed E-state index contributed by atoms with van der Waals surface area (Å²) >= 11 is 5.68. The predicted molar refractivity (Wildman–Crippen MR) is 117 cm³/mol. The van der Waals surface area contributed by atoms with E-state index in [9.17, 15) is 14.4 Å². The number of para-hydroxylation sites is 1. The number of hydrogen-bond acceptors (Lipinski definition) is 5. The molecule has 0 saturated heterocycles. The van der Waals surface area contributed by atoms with E-state index in [0.29, 0.717) is 11.3 Å². The van der Waals surface area contributed by atoms with Crippen molar-refractivity contribution in [1.29, 1.82) is 0 Å². The second kappa shape index (κ2) is 10.4. The predicted octanol–water partition coefficient (Wildman–Crippen LogP) is 4.02. The maximum Gasteiger partial charge on any atom is 0.340 e. The number of ether oxygens (including phenoxy) is 1. The first-order valence-corrected chi connectivity index (χ1v) is 9.85. The van der Waals surface area contributed by atoms with Crippen molar-refractivity contribution in [2.75, 3.05) is 11.9 Å². The molecular weight excluding hydrogens is 418 g/mol. The van der Waals surface area contributed by atoms with Crippen LogP contribution < -0.4 is 10.6 Å². The maximum absolute atomic E-state index is 12.7. The summed E-state index contributed by atoms with van der Waals surface area (Å²) in [6, 6.07) is 18.8. The second-order valence-corrected chi connectivity index (χ2v) is 7.03. The van der Waals surface area contributed by atoms with Crippen LogP contribution in [0.5, 0.6) is 0 Å². The van der Waals surface area contributed by atoms with Crippen LogP contribution in [0.25, 0.3) is 0 Å². The highest BCUT2D eigenvalue weighted by Gasteiger charge is 2.17. The monoisotopic (exact) mass is 437 g/mol. The van der Waals surface area contributed by atoms with E-state index in [2.05, 4.69) is 15.6 Å². The molecule has 2 N–H and O–H groups in total. The number of nitrogens with zero attached hydrogens (tertiary/aromatic N) is 1. The molecule has 2 aromatic carbocycles. The number of hydrogen-bond donors (Lipinski definition) is 2. The molecule has 0 radical (unpaired) electrons. The lowest BCUT2D eigenvalue weighted by molar-refractivity contribution is -0.119. The molecule has 1 unspecified atom stereocenters. The molecule has 0 aliphatic rings. The van der Waals surface area contributed by atoms with E-state index in [1.165, 1.54) is 18.3 Å². The fourth-order valence-corrected chi connectivity index (χ4v) is 2.90. The number of pyridine rings is 1. The zero-order chi connectivity index (χ0) is 22.2. The van der Waals surface area contributed by atoms with Crippen molar-refractivity contribution in [3.05, 3.63) is 94.8 Å². The first-order valence-electron chi connectivity index (χ1n) is 9.47. The zero-order valence-electron chi connectivity index (χ0n) is 16.7. The minimum atomic E-state index is -0.706. The summed E-state index contributed by atoms with van der Waals surface area (Å²) < 4.78 is 4.99. The van der Waals surface area contributed by atoms with Crippen LogP contribution >= 0.6 is 11.6 Å². The van der Waals surface area contributed by atoms with Gasteiger partial charge in [0.2, 0.25) is 0 Å². The average Bonchev–Trinajstić information content (AvgIpc) is 2.79. The second-order valence-electron chi connectivity index (χ2n) is 6.65. The summed E-state index contributed by atoms with van der Waals surface area (Å²) in [5.74, 6) is -1.62. The Balaban J connectivity index is 1.60. The van der Waals surface area contributed by atoms with Crippen LogP contribution in [-0.4, -0.2) is 29.4 Å². The number of amides is 2. The molecule has 0 bridgehead atoms. The Morgan fingerprint density at radius 1 is 1.00 bits per heavy atom. The summed E-state index contributed by atoms with van der Waals surface area (Å²) in [5, 5.41) is 5.76. The van der Waals surface area contributed by atoms with Crippen molar-refractivity contribution in [3.63, 3.8) is 0 Å². The minimum Gasteiger partial charge on any atom is -0.452 e. The Hall–Kier alpha value is -3.71. The molecular formula is C23H20ClN3O4. The highest BCUT2D eigenvalue weighted by atomic mass is 35.5. The SMILES string of the molecule is CC(NC(=O)c1ccccc1NC(=O)COC(=O)c1ccc(Cl)nc1)c1ccccc1. The van der Waals surface area contributed by atoms with E-state index in [-0.39, 0.29) is 22.7 Å². The van der Waals surface area contributed by atoms with Gasteiger partial charge in [-0.25, -0.2) is 9.78 Å². The number of carbonyl (C=O) groups excluding carboxylic acids is 3. The topological polar surface area (TPSA) is 97.4 Å². The lowest BCUT2D eigenvalue weighted by Gasteiger charge is -2.16. The zero-order valence-corrected chi connectivity index (χ0v) is 17.4. The molecule has 0 fully saturated rings. The van der Waals surface area contributed by atoms with Crippen molar-refractivity contribution in [3.8, 4) is 0 Å². The van der Waals surface area contributed by atoms with Crippen LogP contribution in [-0.2, 0) is 9.53 Å². The van der Waals surface area contributed by atoms with Gasteiger partial charge in [-0.1, -0.05) is 54.1 Å². The fourth-order valence-electron chi connectivity index (χ4n) is 2.79. The van der Waals surface area contributed by atoms with Crippen LogP contribution in [0.2, 0.25) is 5.15 Å². The van der Waals surface area contributed by atoms with E-state index in [1.807, 2.05) is 37.3 Å². The fraction of sp³-hybridized carbons (Fsp3) is 0.130. The first kappa shape index (κ1) is 22.0. The van der Waals surface area contributed by atoms with E-state index in [0.717, 1.165) is 5.56 Å². The normalized spacial score (nSPS) is 11.3. The van der Waals surface area contributed by atoms with Crippen LogP contribution in [0.3, 0.4) is 0 Å². The van der Waals surface area contributed by atoms with Gasteiger partial charge < -0.3 is 15.4 Å². The largest absolute Gasteiger partial charge is 0.452 e. The van der Waals surface area contributed by atoms with Crippen molar-refractivity contribution < 1.29 is 19.1 Å². The Morgan fingerprint density at radius 3 is 2.42 bits per heavy atom. The molecule has 0 aliphatic carbocycles. The van der Waals surface area contributed by atoms with Gasteiger partial charge in [0.15, 0.2) is 6.61 Å². The van der Waals surface area contributed by atoms with E-state index < -0.39 is 18.5 Å². The highest BCUT2D eigenvalue weighted by molar-refractivity contribution is 6.29. The average molecular weight is 438 g/mol. The van der Waals surface area contributed by atoms with E-state index in [4.69, 9.17) is 16.3 Å². The number of halogens is 1. The summed E-state index contributed by atoms with van der Waals surface area (Å²) in [6.07, 6.45) is 1.26. The molecule has 2 amide bonds. The third kappa shape index (κ3) is 6.13. The third-order valence-corrected chi connectivity index (χ3v) is 4.61. The molecule has 158 valence electrons. The van der Waals surface area contributed by atoms with Gasteiger partial charge in [-0.2, -0.15) is 0 Å².